The van der Waals surface area contributed by atoms with Crippen LogP contribution in [0, 0.1) is 49.4 Å². The molecule has 0 saturated heterocycles. The van der Waals surface area contributed by atoms with Crippen molar-refractivity contribution in [2.24, 2.45) is 35.5 Å². The Kier molecular flexibility index (Phi) is 5.50. The molecule has 6 unspecified atom stereocenters. The maximum absolute atomic E-state index is 12.9. The third-order valence-electron chi connectivity index (χ3n) is 9.45. The van der Waals surface area contributed by atoms with E-state index in [2.05, 4.69) is 48.7 Å². The van der Waals surface area contributed by atoms with Crippen molar-refractivity contribution >= 4 is 23.2 Å². The monoisotopic (exact) mass is 456 g/mol. The van der Waals surface area contributed by atoms with Crippen molar-refractivity contribution in [3.05, 3.63) is 47.5 Å². The Morgan fingerprint density at radius 1 is 0.647 bits per heavy atom. The fourth-order valence-electron chi connectivity index (χ4n) is 7.55. The Bertz CT molecular complexity index is 1050. The van der Waals surface area contributed by atoms with Crippen molar-refractivity contribution in [3.63, 3.8) is 0 Å². The summed E-state index contributed by atoms with van der Waals surface area (Å²) in [5, 5.41) is 6.42. The van der Waals surface area contributed by atoms with Gasteiger partial charge in [-0.15, -0.1) is 0 Å². The summed E-state index contributed by atoms with van der Waals surface area (Å²) in [4.78, 5) is 25.7. The summed E-state index contributed by atoms with van der Waals surface area (Å²) in [5.74, 6) is 3.53. The Labute approximate surface area is 202 Å². The number of carbonyl (C=O) groups excluding carboxylic acids is 2. The van der Waals surface area contributed by atoms with Gasteiger partial charge >= 0.3 is 0 Å². The first-order chi connectivity index (χ1) is 16.4. The number of rotatable bonds is 5. The van der Waals surface area contributed by atoms with Crippen LogP contribution < -0.4 is 10.6 Å². The highest BCUT2D eigenvalue weighted by molar-refractivity contribution is 5.95. The zero-order chi connectivity index (χ0) is 23.4. The molecule has 4 heteroatoms. The minimum atomic E-state index is 0.197. The number of hydrogen-bond donors (Lipinski definition) is 2. The Hall–Kier alpha value is -2.62. The van der Waals surface area contributed by atoms with Gasteiger partial charge in [-0.1, -0.05) is 25.0 Å². The van der Waals surface area contributed by atoms with Crippen molar-refractivity contribution < 1.29 is 9.59 Å². The molecule has 2 aromatic carbocycles. The summed E-state index contributed by atoms with van der Waals surface area (Å²) in [6, 6.07) is 12.6. The van der Waals surface area contributed by atoms with Gasteiger partial charge in [0.2, 0.25) is 11.8 Å². The van der Waals surface area contributed by atoms with Crippen molar-refractivity contribution in [1.82, 2.24) is 0 Å². The van der Waals surface area contributed by atoms with E-state index in [0.717, 1.165) is 58.3 Å². The second-order valence-corrected chi connectivity index (χ2v) is 11.6. The number of nitrogens with one attached hydrogen (secondary N) is 2. The van der Waals surface area contributed by atoms with Crippen molar-refractivity contribution in [2.75, 3.05) is 10.6 Å². The lowest BCUT2D eigenvalue weighted by atomic mass is 9.88. The van der Waals surface area contributed by atoms with Gasteiger partial charge in [0, 0.05) is 23.2 Å². The molecule has 0 aliphatic heterocycles. The summed E-state index contributed by atoms with van der Waals surface area (Å²) in [6.07, 6.45) is 9.68. The molecule has 4 fully saturated rings. The molecule has 0 spiro atoms. The second kappa shape index (κ2) is 8.55. The first kappa shape index (κ1) is 21.9. The van der Waals surface area contributed by atoms with Crippen molar-refractivity contribution in [2.45, 2.75) is 65.2 Å². The average molecular weight is 457 g/mol. The minimum Gasteiger partial charge on any atom is -0.326 e. The molecule has 4 aliphatic carbocycles. The summed E-state index contributed by atoms with van der Waals surface area (Å²) < 4.78 is 0. The molecule has 2 aromatic rings. The summed E-state index contributed by atoms with van der Waals surface area (Å²) in [6.45, 7) is 4.13. The summed E-state index contributed by atoms with van der Waals surface area (Å²) in [5.41, 5.74) is 6.26. The molecule has 4 nitrogen and oxygen atoms in total. The number of amides is 2. The fraction of sp³-hybridized carbons (Fsp3) is 0.533. The first-order valence-electron chi connectivity index (χ1n) is 13.3. The van der Waals surface area contributed by atoms with E-state index in [0.29, 0.717) is 11.8 Å². The van der Waals surface area contributed by atoms with Crippen LogP contribution in [-0.2, 0) is 9.59 Å². The van der Waals surface area contributed by atoms with Crippen LogP contribution >= 0.6 is 0 Å². The molecule has 178 valence electrons. The third-order valence-corrected chi connectivity index (χ3v) is 9.45. The normalized spacial score (nSPS) is 31.1. The van der Waals surface area contributed by atoms with Crippen LogP contribution in [0.5, 0.6) is 0 Å². The number of aryl methyl sites for hydroxylation is 2. The molecule has 6 atom stereocenters. The van der Waals surface area contributed by atoms with E-state index < -0.39 is 0 Å². The van der Waals surface area contributed by atoms with E-state index >= 15 is 0 Å². The second-order valence-electron chi connectivity index (χ2n) is 11.6. The van der Waals surface area contributed by atoms with E-state index in [1.807, 2.05) is 12.1 Å². The number of anilines is 2. The van der Waals surface area contributed by atoms with E-state index in [1.165, 1.54) is 38.5 Å². The van der Waals surface area contributed by atoms with Crippen LogP contribution in [0.15, 0.2) is 36.4 Å². The zero-order valence-electron chi connectivity index (χ0n) is 20.4. The maximum atomic E-state index is 12.9. The number of carbonyl (C=O) groups is 2. The van der Waals surface area contributed by atoms with E-state index in [4.69, 9.17) is 0 Å². The van der Waals surface area contributed by atoms with E-state index in [9.17, 15) is 9.59 Å². The van der Waals surface area contributed by atoms with Crippen molar-refractivity contribution in [1.29, 1.82) is 0 Å². The molecule has 0 radical (unpaired) electrons. The minimum absolute atomic E-state index is 0.197. The highest BCUT2D eigenvalue weighted by atomic mass is 16.2. The van der Waals surface area contributed by atoms with Gasteiger partial charge in [0.1, 0.15) is 0 Å². The molecule has 4 bridgehead atoms. The van der Waals surface area contributed by atoms with Crippen LogP contribution in [0.2, 0.25) is 0 Å². The number of benzene rings is 2. The maximum Gasteiger partial charge on any atom is 0.227 e. The van der Waals surface area contributed by atoms with Crippen LogP contribution in [0.1, 0.15) is 62.5 Å². The Morgan fingerprint density at radius 2 is 1.09 bits per heavy atom. The van der Waals surface area contributed by atoms with Crippen LogP contribution in [0.3, 0.4) is 0 Å². The molecular formula is C30H36N2O2. The molecular weight excluding hydrogens is 420 g/mol. The lowest BCUT2D eigenvalue weighted by molar-refractivity contribution is -0.122. The summed E-state index contributed by atoms with van der Waals surface area (Å²) >= 11 is 0. The van der Waals surface area contributed by atoms with Gasteiger partial charge in [-0.2, -0.15) is 0 Å². The highest BCUT2D eigenvalue weighted by Crippen LogP contribution is 2.49. The summed E-state index contributed by atoms with van der Waals surface area (Å²) in [7, 11) is 0. The molecule has 4 aliphatic rings. The van der Waals surface area contributed by atoms with Crippen molar-refractivity contribution in [3.8, 4) is 11.1 Å². The van der Waals surface area contributed by atoms with Gasteiger partial charge < -0.3 is 10.6 Å². The van der Waals surface area contributed by atoms with E-state index in [-0.39, 0.29) is 23.7 Å². The molecule has 2 N–H and O–H groups in total. The molecule has 4 saturated carbocycles. The van der Waals surface area contributed by atoms with Gasteiger partial charge in [0.25, 0.3) is 0 Å². The average Bonchev–Trinajstić information content (AvgIpc) is 3.63. The zero-order valence-corrected chi connectivity index (χ0v) is 20.4. The van der Waals surface area contributed by atoms with Gasteiger partial charge in [-0.3, -0.25) is 9.59 Å². The SMILES string of the molecule is Cc1cc(-c2ccc(NC(=O)C3CC4CCC3C4)c(C)c2)ccc1NC(=O)C1CC2CCC1C2. The standard InChI is InChI=1S/C30H36N2O2/c1-17-11-21(7-9-27(17)31-29(33)25-15-19-3-5-23(25)13-19)22-8-10-28(18(2)12-22)32-30(34)26-16-20-4-6-24(26)14-20/h7-12,19-20,23-26H,3-6,13-16H2,1-2H3,(H,31,33)(H,32,34). The largest absolute Gasteiger partial charge is 0.326 e. The number of fused-ring (bicyclic) bond motifs is 4. The molecule has 6 rings (SSSR count). The fourth-order valence-corrected chi connectivity index (χ4v) is 7.55. The predicted molar refractivity (Wildman–Crippen MR) is 136 cm³/mol. The van der Waals surface area contributed by atoms with Gasteiger partial charge in [-0.25, -0.2) is 0 Å². The van der Waals surface area contributed by atoms with Crippen LogP contribution in [0.4, 0.5) is 11.4 Å². The Balaban J connectivity index is 1.13. The smallest absolute Gasteiger partial charge is 0.227 e. The lowest BCUT2D eigenvalue weighted by Gasteiger charge is -2.22. The molecule has 34 heavy (non-hydrogen) atoms. The van der Waals surface area contributed by atoms with Gasteiger partial charge in [-0.05, 0) is 123 Å². The Morgan fingerprint density at radius 3 is 1.41 bits per heavy atom. The third kappa shape index (κ3) is 3.95. The van der Waals surface area contributed by atoms with Gasteiger partial charge in [0.05, 0.1) is 0 Å². The molecule has 2 amide bonds. The topological polar surface area (TPSA) is 58.2 Å². The first-order valence-corrected chi connectivity index (χ1v) is 13.3. The molecule has 0 aromatic heterocycles. The lowest BCUT2D eigenvalue weighted by Crippen LogP contribution is -2.27. The van der Waals surface area contributed by atoms with Crippen LogP contribution in [0.25, 0.3) is 11.1 Å². The highest BCUT2D eigenvalue weighted by Gasteiger charge is 2.44. The quantitative estimate of drug-likeness (QED) is 0.525. The van der Waals surface area contributed by atoms with E-state index in [1.54, 1.807) is 0 Å². The molecule has 0 heterocycles. The van der Waals surface area contributed by atoms with Gasteiger partial charge in [0.15, 0.2) is 0 Å². The van der Waals surface area contributed by atoms with Crippen LogP contribution in [-0.4, -0.2) is 11.8 Å². The predicted octanol–water partition coefficient (Wildman–Crippen LogP) is 6.72. The number of hydrogen-bond acceptors (Lipinski definition) is 2.